The van der Waals surface area contributed by atoms with E-state index in [1.165, 1.54) is 11.9 Å². The van der Waals surface area contributed by atoms with Crippen LogP contribution >= 0.6 is 0 Å². The first-order chi connectivity index (χ1) is 16.7. The lowest BCUT2D eigenvalue weighted by molar-refractivity contribution is -0.129. The average Bonchev–Trinajstić information content (AvgIpc) is 3.35. The maximum Gasteiger partial charge on any atom is 0.244 e. The Morgan fingerprint density at radius 3 is 2.79 bits per heavy atom. The van der Waals surface area contributed by atoms with Crippen LogP contribution in [0.25, 0.3) is 22.2 Å². The van der Waals surface area contributed by atoms with Crippen LogP contribution in [0, 0.1) is 11.8 Å². The van der Waals surface area contributed by atoms with Crippen LogP contribution in [0.3, 0.4) is 0 Å². The Labute approximate surface area is 197 Å². The highest BCUT2D eigenvalue weighted by atomic mass is 16.5. The van der Waals surface area contributed by atoms with E-state index < -0.39 is 5.91 Å². The Morgan fingerprint density at radius 1 is 1.15 bits per heavy atom. The fourth-order valence-electron chi connectivity index (χ4n) is 3.49. The molecule has 0 aliphatic heterocycles. The number of hydroxylamine groups is 1. The standard InChI is InChI=1S/C26H24N4O4/c1-33-24-16-22-20(26(29-17-28-22)27-14-13-18-7-3-2-4-8-18)15-21(24)23-12-11-19(34-23)9-5-6-10-25(31)30-32/h2-4,7-8,11-12,15-17,32H,6,10,13-14H2,1H3,(H,30,31)(H,27,28,29). The van der Waals surface area contributed by atoms with Gasteiger partial charge in [-0.05, 0) is 36.1 Å². The summed E-state index contributed by atoms with van der Waals surface area (Å²) < 4.78 is 11.5. The predicted molar refractivity (Wildman–Crippen MR) is 128 cm³/mol. The number of benzene rings is 2. The molecule has 1 amide bonds. The highest BCUT2D eigenvalue weighted by Gasteiger charge is 2.15. The number of nitrogens with one attached hydrogen (secondary N) is 2. The number of fused-ring (bicyclic) bond motifs is 1. The number of carbonyl (C=O) groups excluding carboxylic acids is 1. The number of carbonyl (C=O) groups is 1. The van der Waals surface area contributed by atoms with Crippen molar-refractivity contribution in [2.45, 2.75) is 19.3 Å². The van der Waals surface area contributed by atoms with Crippen LogP contribution in [0.15, 0.2) is 65.3 Å². The summed E-state index contributed by atoms with van der Waals surface area (Å²) in [6.07, 6.45) is 2.81. The Balaban J connectivity index is 1.56. The molecule has 4 rings (SSSR count). The van der Waals surface area contributed by atoms with Gasteiger partial charge in [0.05, 0.1) is 18.2 Å². The first-order valence-electron chi connectivity index (χ1n) is 10.8. The number of nitrogens with zero attached hydrogens (tertiary/aromatic N) is 2. The second kappa shape index (κ2) is 11.0. The second-order valence-electron chi connectivity index (χ2n) is 7.45. The van der Waals surface area contributed by atoms with Crippen molar-refractivity contribution in [3.8, 4) is 28.9 Å². The zero-order valence-corrected chi connectivity index (χ0v) is 18.7. The molecular weight excluding hydrogens is 432 g/mol. The Kier molecular flexibility index (Phi) is 7.38. The SMILES string of the molecule is COc1cc2ncnc(NCCc3ccccc3)c2cc1-c1ccc(C#CCCC(=O)NO)o1. The van der Waals surface area contributed by atoms with Gasteiger partial charge in [-0.15, -0.1) is 0 Å². The monoisotopic (exact) mass is 456 g/mol. The van der Waals surface area contributed by atoms with Crippen molar-refractivity contribution < 1.29 is 19.2 Å². The van der Waals surface area contributed by atoms with Crippen LogP contribution in [-0.4, -0.2) is 34.7 Å². The third-order valence-corrected chi connectivity index (χ3v) is 5.19. The number of methoxy groups -OCH3 is 1. The molecule has 0 radical (unpaired) electrons. The molecule has 4 aromatic rings. The molecule has 0 atom stereocenters. The molecule has 0 bridgehead atoms. The minimum Gasteiger partial charge on any atom is -0.496 e. The van der Waals surface area contributed by atoms with Crippen molar-refractivity contribution in [1.29, 1.82) is 0 Å². The molecule has 0 saturated heterocycles. The maximum atomic E-state index is 11.1. The van der Waals surface area contributed by atoms with Gasteiger partial charge in [-0.2, -0.15) is 0 Å². The Bertz CT molecular complexity index is 1340. The van der Waals surface area contributed by atoms with Crippen LogP contribution in [0.2, 0.25) is 0 Å². The zero-order chi connectivity index (χ0) is 23.8. The van der Waals surface area contributed by atoms with Gasteiger partial charge in [0.1, 0.15) is 23.7 Å². The largest absolute Gasteiger partial charge is 0.496 e. The Hall–Kier alpha value is -4.35. The van der Waals surface area contributed by atoms with E-state index in [0.717, 1.165) is 35.2 Å². The molecule has 0 aliphatic rings. The van der Waals surface area contributed by atoms with E-state index in [2.05, 4.69) is 39.3 Å². The molecule has 8 nitrogen and oxygen atoms in total. The number of ether oxygens (including phenoxy) is 1. The van der Waals surface area contributed by atoms with Crippen molar-refractivity contribution in [1.82, 2.24) is 15.4 Å². The van der Waals surface area contributed by atoms with E-state index in [1.807, 2.05) is 36.4 Å². The van der Waals surface area contributed by atoms with Crippen molar-refractivity contribution in [3.63, 3.8) is 0 Å². The third-order valence-electron chi connectivity index (χ3n) is 5.19. The van der Waals surface area contributed by atoms with Gasteiger partial charge in [0, 0.05) is 30.8 Å². The second-order valence-corrected chi connectivity index (χ2v) is 7.45. The molecule has 0 aliphatic carbocycles. The smallest absolute Gasteiger partial charge is 0.244 e. The summed E-state index contributed by atoms with van der Waals surface area (Å²) in [5.41, 5.74) is 4.34. The minimum absolute atomic E-state index is 0.107. The lowest BCUT2D eigenvalue weighted by Gasteiger charge is -2.12. The van der Waals surface area contributed by atoms with Gasteiger partial charge in [0.25, 0.3) is 0 Å². The van der Waals surface area contributed by atoms with Gasteiger partial charge in [-0.1, -0.05) is 36.3 Å². The number of hydrogen-bond donors (Lipinski definition) is 3. The van der Waals surface area contributed by atoms with Crippen LogP contribution < -0.4 is 15.5 Å². The molecule has 2 aromatic carbocycles. The van der Waals surface area contributed by atoms with Gasteiger partial charge < -0.3 is 14.5 Å². The summed E-state index contributed by atoms with van der Waals surface area (Å²) in [5.74, 6) is 7.68. The van der Waals surface area contributed by atoms with Gasteiger partial charge in [-0.3, -0.25) is 10.0 Å². The van der Waals surface area contributed by atoms with E-state index in [0.29, 0.717) is 23.7 Å². The average molecular weight is 457 g/mol. The summed E-state index contributed by atoms with van der Waals surface area (Å²) >= 11 is 0. The van der Waals surface area contributed by atoms with E-state index >= 15 is 0 Å². The fourth-order valence-corrected chi connectivity index (χ4v) is 3.49. The first-order valence-corrected chi connectivity index (χ1v) is 10.8. The van der Waals surface area contributed by atoms with Crippen LogP contribution in [0.5, 0.6) is 5.75 Å². The van der Waals surface area contributed by atoms with Gasteiger partial charge in [0.2, 0.25) is 5.91 Å². The number of furan rings is 1. The summed E-state index contributed by atoms with van der Waals surface area (Å²) in [7, 11) is 1.60. The van der Waals surface area contributed by atoms with Crippen LogP contribution in [0.4, 0.5) is 5.82 Å². The summed E-state index contributed by atoms with van der Waals surface area (Å²) in [6, 6.07) is 17.6. The Morgan fingerprint density at radius 2 is 2.00 bits per heavy atom. The number of hydrogen-bond acceptors (Lipinski definition) is 7. The molecule has 2 heterocycles. The van der Waals surface area contributed by atoms with Crippen LogP contribution in [-0.2, 0) is 11.2 Å². The quantitative estimate of drug-likeness (QED) is 0.207. The van der Waals surface area contributed by atoms with E-state index in [9.17, 15) is 4.79 Å². The van der Waals surface area contributed by atoms with Crippen molar-refractivity contribution in [2.24, 2.45) is 0 Å². The van der Waals surface area contributed by atoms with Crippen molar-refractivity contribution in [2.75, 3.05) is 19.0 Å². The first kappa shape index (κ1) is 22.8. The normalized spacial score (nSPS) is 10.4. The molecule has 8 heteroatoms. The molecular formula is C26H24N4O4. The molecule has 0 spiro atoms. The van der Waals surface area contributed by atoms with Crippen molar-refractivity contribution >= 4 is 22.6 Å². The molecule has 3 N–H and O–H groups in total. The predicted octanol–water partition coefficient (Wildman–Crippen LogP) is 4.19. The van der Waals surface area contributed by atoms with E-state index in [4.69, 9.17) is 14.4 Å². The van der Waals surface area contributed by atoms with Gasteiger partial charge in [0.15, 0.2) is 5.76 Å². The molecule has 2 aromatic heterocycles. The van der Waals surface area contributed by atoms with Crippen molar-refractivity contribution in [3.05, 3.63) is 72.2 Å². The molecule has 34 heavy (non-hydrogen) atoms. The van der Waals surface area contributed by atoms with E-state index in [1.54, 1.807) is 18.7 Å². The minimum atomic E-state index is -0.481. The van der Waals surface area contributed by atoms with Gasteiger partial charge >= 0.3 is 0 Å². The molecule has 0 saturated carbocycles. The van der Waals surface area contributed by atoms with Crippen LogP contribution in [0.1, 0.15) is 24.2 Å². The fraction of sp³-hybridized carbons (Fsp3) is 0.192. The summed E-state index contributed by atoms with van der Waals surface area (Å²) in [5, 5.41) is 12.8. The van der Waals surface area contributed by atoms with Gasteiger partial charge in [-0.25, -0.2) is 15.4 Å². The molecule has 0 unspecified atom stereocenters. The maximum absolute atomic E-state index is 11.1. The number of aromatic nitrogens is 2. The lowest BCUT2D eigenvalue weighted by atomic mass is 10.1. The summed E-state index contributed by atoms with van der Waals surface area (Å²) in [4.78, 5) is 19.9. The highest BCUT2D eigenvalue weighted by molar-refractivity contribution is 5.94. The van der Waals surface area contributed by atoms with E-state index in [-0.39, 0.29) is 6.42 Å². The number of amides is 1. The zero-order valence-electron chi connectivity index (χ0n) is 18.7. The molecule has 0 fully saturated rings. The number of anilines is 1. The highest BCUT2D eigenvalue weighted by Crippen LogP contribution is 2.36. The molecule has 172 valence electrons. The number of rotatable bonds is 8. The third kappa shape index (κ3) is 5.52. The lowest BCUT2D eigenvalue weighted by Crippen LogP contribution is -2.17. The topological polar surface area (TPSA) is 110 Å². The summed E-state index contributed by atoms with van der Waals surface area (Å²) in [6.45, 7) is 0.728.